The van der Waals surface area contributed by atoms with E-state index in [0.29, 0.717) is 49.8 Å². The molecule has 0 radical (unpaired) electrons. The number of carbonyl (C=O) groups excluding carboxylic acids is 1. The molecule has 2 aromatic carbocycles. The van der Waals surface area contributed by atoms with Crippen LogP contribution in [0.15, 0.2) is 59.8 Å². The number of aromatic nitrogens is 4. The Morgan fingerprint density at radius 3 is 2.57 bits per heavy atom. The second-order valence-corrected chi connectivity index (χ2v) is 7.93. The number of para-hydroxylation sites is 1. The summed E-state index contributed by atoms with van der Waals surface area (Å²) >= 11 is 0. The fourth-order valence-corrected chi connectivity index (χ4v) is 3.71. The molecule has 3 heterocycles. The molecular weight excluding hydrogens is 446 g/mol. The van der Waals surface area contributed by atoms with Crippen LogP contribution in [0, 0.1) is 0 Å². The van der Waals surface area contributed by atoms with Gasteiger partial charge in [-0.25, -0.2) is 5.43 Å². The fraction of sp³-hybridized carbons (Fsp3) is 0.208. The van der Waals surface area contributed by atoms with Crippen molar-refractivity contribution in [3.63, 3.8) is 0 Å². The van der Waals surface area contributed by atoms with E-state index in [2.05, 4.69) is 41.1 Å². The van der Waals surface area contributed by atoms with E-state index in [-0.39, 0.29) is 5.91 Å². The predicted octanol–water partition coefficient (Wildman–Crippen LogP) is 3.34. The van der Waals surface area contributed by atoms with E-state index in [1.54, 1.807) is 18.3 Å². The second-order valence-electron chi connectivity index (χ2n) is 7.93. The van der Waals surface area contributed by atoms with Crippen molar-refractivity contribution in [2.75, 3.05) is 47.3 Å². The molecule has 0 unspecified atom stereocenters. The van der Waals surface area contributed by atoms with Gasteiger partial charge in [-0.3, -0.25) is 4.79 Å². The molecule has 1 saturated heterocycles. The summed E-state index contributed by atoms with van der Waals surface area (Å²) in [7, 11) is 0. The number of hydrazone groups is 1. The van der Waals surface area contributed by atoms with Crippen LogP contribution in [0.1, 0.15) is 12.5 Å². The van der Waals surface area contributed by atoms with Crippen LogP contribution in [-0.2, 0) is 9.53 Å². The van der Waals surface area contributed by atoms with E-state index in [1.165, 1.54) is 6.92 Å². The normalized spacial score (nSPS) is 13.8. The highest BCUT2D eigenvalue weighted by atomic mass is 16.5. The molecular formula is C24H25N9O2. The molecule has 4 N–H and O–H groups in total. The number of nitrogens with zero attached hydrogens (tertiary/aromatic N) is 5. The summed E-state index contributed by atoms with van der Waals surface area (Å²) in [6.07, 6.45) is 3.63. The first-order valence-electron chi connectivity index (χ1n) is 11.2. The number of nitrogens with one attached hydrogen (secondary N) is 4. The zero-order valence-electron chi connectivity index (χ0n) is 19.2. The summed E-state index contributed by atoms with van der Waals surface area (Å²) in [6.45, 7) is 4.07. The van der Waals surface area contributed by atoms with Gasteiger partial charge in [0.25, 0.3) is 0 Å². The third-order valence-electron chi connectivity index (χ3n) is 5.37. The molecule has 5 rings (SSSR count). The lowest BCUT2D eigenvalue weighted by Gasteiger charge is -2.27. The Balaban J connectivity index is 1.37. The molecule has 0 saturated carbocycles. The van der Waals surface area contributed by atoms with E-state index in [0.717, 1.165) is 22.2 Å². The number of fused-ring (bicyclic) bond motifs is 1. The van der Waals surface area contributed by atoms with Gasteiger partial charge in [-0.05, 0) is 30.3 Å². The van der Waals surface area contributed by atoms with Crippen molar-refractivity contribution in [2.24, 2.45) is 5.10 Å². The van der Waals surface area contributed by atoms with Crippen molar-refractivity contribution in [3.05, 3.63) is 60.3 Å². The highest BCUT2D eigenvalue weighted by molar-refractivity contribution is 5.99. The smallest absolute Gasteiger partial charge is 0.250 e. The maximum absolute atomic E-state index is 11.3. The number of carbonyl (C=O) groups is 1. The van der Waals surface area contributed by atoms with Gasteiger partial charge in [-0.2, -0.15) is 20.1 Å². The van der Waals surface area contributed by atoms with Crippen LogP contribution in [0.2, 0.25) is 0 Å². The Morgan fingerprint density at radius 1 is 1.03 bits per heavy atom. The maximum atomic E-state index is 11.3. The lowest BCUT2D eigenvalue weighted by atomic mass is 10.2. The molecule has 1 aliphatic heterocycles. The molecule has 1 aliphatic rings. The van der Waals surface area contributed by atoms with Gasteiger partial charge in [0.2, 0.25) is 23.8 Å². The van der Waals surface area contributed by atoms with E-state index >= 15 is 0 Å². The average Bonchev–Trinajstić information content (AvgIpc) is 3.28. The lowest BCUT2D eigenvalue weighted by molar-refractivity contribution is -0.114. The number of ether oxygens (including phenoxy) is 1. The van der Waals surface area contributed by atoms with Crippen molar-refractivity contribution in [1.82, 2.24) is 19.9 Å². The summed E-state index contributed by atoms with van der Waals surface area (Å²) < 4.78 is 5.46. The van der Waals surface area contributed by atoms with Crippen molar-refractivity contribution in [2.45, 2.75) is 6.92 Å². The van der Waals surface area contributed by atoms with E-state index < -0.39 is 0 Å². The molecule has 11 heteroatoms. The van der Waals surface area contributed by atoms with Gasteiger partial charge in [0.1, 0.15) is 0 Å². The maximum Gasteiger partial charge on any atom is 0.250 e. The Bertz CT molecular complexity index is 1340. The minimum atomic E-state index is -0.123. The first-order valence-corrected chi connectivity index (χ1v) is 11.2. The molecule has 11 nitrogen and oxygen atoms in total. The fourth-order valence-electron chi connectivity index (χ4n) is 3.71. The Kier molecular flexibility index (Phi) is 6.48. The number of H-pyrrole nitrogens is 1. The molecule has 2 aromatic heterocycles. The highest BCUT2D eigenvalue weighted by Crippen LogP contribution is 2.21. The number of rotatable bonds is 7. The molecule has 1 fully saturated rings. The first-order chi connectivity index (χ1) is 17.1. The number of morpholine rings is 1. The number of amides is 1. The molecule has 1 amide bonds. The van der Waals surface area contributed by atoms with Crippen molar-refractivity contribution in [1.29, 1.82) is 0 Å². The zero-order chi connectivity index (χ0) is 24.0. The van der Waals surface area contributed by atoms with Gasteiger partial charge < -0.3 is 25.3 Å². The van der Waals surface area contributed by atoms with Crippen LogP contribution in [-0.4, -0.2) is 58.4 Å². The molecule has 0 bridgehead atoms. The van der Waals surface area contributed by atoms with E-state index in [4.69, 9.17) is 4.74 Å². The molecule has 0 aliphatic carbocycles. The average molecular weight is 472 g/mol. The molecule has 0 spiro atoms. The molecule has 178 valence electrons. The summed E-state index contributed by atoms with van der Waals surface area (Å²) in [5.74, 6) is 1.10. The highest BCUT2D eigenvalue weighted by Gasteiger charge is 2.17. The van der Waals surface area contributed by atoms with Crippen LogP contribution in [0.25, 0.3) is 10.9 Å². The van der Waals surface area contributed by atoms with Crippen LogP contribution >= 0.6 is 0 Å². The predicted molar refractivity (Wildman–Crippen MR) is 136 cm³/mol. The largest absolute Gasteiger partial charge is 0.378 e. The Morgan fingerprint density at radius 2 is 1.77 bits per heavy atom. The van der Waals surface area contributed by atoms with Gasteiger partial charge in [-0.15, -0.1) is 0 Å². The van der Waals surface area contributed by atoms with Gasteiger partial charge in [0.05, 0.1) is 19.4 Å². The Labute approximate surface area is 201 Å². The van der Waals surface area contributed by atoms with Crippen LogP contribution in [0.4, 0.5) is 29.2 Å². The van der Waals surface area contributed by atoms with Crippen molar-refractivity contribution < 1.29 is 9.53 Å². The first kappa shape index (κ1) is 22.3. The van der Waals surface area contributed by atoms with Crippen LogP contribution in [0.5, 0.6) is 0 Å². The van der Waals surface area contributed by atoms with Gasteiger partial charge >= 0.3 is 0 Å². The van der Waals surface area contributed by atoms with Gasteiger partial charge in [0.15, 0.2) is 0 Å². The number of hydrogen-bond acceptors (Lipinski definition) is 9. The lowest BCUT2D eigenvalue weighted by Crippen LogP contribution is -2.37. The van der Waals surface area contributed by atoms with E-state index in [1.807, 2.05) is 47.5 Å². The minimum absolute atomic E-state index is 0.123. The van der Waals surface area contributed by atoms with Gasteiger partial charge in [-0.1, -0.05) is 18.2 Å². The molecule has 35 heavy (non-hydrogen) atoms. The molecule has 0 atom stereocenters. The van der Waals surface area contributed by atoms with Crippen molar-refractivity contribution in [3.8, 4) is 0 Å². The molecule has 4 aromatic rings. The quantitative estimate of drug-likeness (QED) is 0.238. The third-order valence-corrected chi connectivity index (χ3v) is 5.37. The number of benzene rings is 2. The zero-order valence-corrected chi connectivity index (χ0v) is 19.2. The van der Waals surface area contributed by atoms with E-state index in [9.17, 15) is 4.79 Å². The van der Waals surface area contributed by atoms with Crippen LogP contribution in [0.3, 0.4) is 0 Å². The topological polar surface area (TPSA) is 132 Å². The van der Waals surface area contributed by atoms with Gasteiger partial charge in [0, 0.05) is 54.1 Å². The number of hydrogen-bond donors (Lipinski definition) is 4. The Hall–Kier alpha value is -4.51. The monoisotopic (exact) mass is 471 g/mol. The number of aromatic amines is 1. The summed E-state index contributed by atoms with van der Waals surface area (Å²) in [5.41, 5.74) is 6.41. The van der Waals surface area contributed by atoms with Crippen LogP contribution < -0.4 is 21.0 Å². The summed E-state index contributed by atoms with van der Waals surface area (Å²) in [5, 5.41) is 11.4. The summed E-state index contributed by atoms with van der Waals surface area (Å²) in [4.78, 5) is 30.2. The standard InChI is InChI=1S/C24H25N9O2/c1-16(34)27-18-6-8-19(9-7-18)28-22-29-23(31-24(30-22)33-10-12-35-13-11-33)32-26-15-17-14-25-21-5-3-2-4-20(17)21/h2-9,14-15,25H,10-13H2,1H3,(H,27,34)(H2,28,29,30,31,32)/b26-15+. The number of anilines is 5. The third kappa shape index (κ3) is 5.53. The second kappa shape index (κ2) is 10.2. The SMILES string of the molecule is CC(=O)Nc1ccc(Nc2nc(N/N=C/c3c[nH]c4ccccc34)nc(N3CCOCC3)n2)cc1. The minimum Gasteiger partial charge on any atom is -0.378 e. The van der Waals surface area contributed by atoms with Crippen molar-refractivity contribution >= 4 is 52.2 Å². The summed E-state index contributed by atoms with van der Waals surface area (Å²) in [6, 6.07) is 15.3.